The van der Waals surface area contributed by atoms with Crippen LogP contribution in [0.25, 0.3) is 0 Å². The lowest BCUT2D eigenvalue weighted by Gasteiger charge is -2.45. The van der Waals surface area contributed by atoms with E-state index in [2.05, 4.69) is 31.7 Å². The van der Waals surface area contributed by atoms with Gasteiger partial charge in [0.1, 0.15) is 0 Å². The van der Waals surface area contributed by atoms with Gasteiger partial charge in [0.2, 0.25) is 5.91 Å². The van der Waals surface area contributed by atoms with E-state index in [0.717, 1.165) is 38.8 Å². The summed E-state index contributed by atoms with van der Waals surface area (Å²) >= 11 is 0. The fourth-order valence-corrected chi connectivity index (χ4v) is 3.70. The Hall–Kier alpha value is -0.830. The Bertz CT molecular complexity index is 376. The van der Waals surface area contributed by atoms with Crippen molar-refractivity contribution in [2.24, 2.45) is 0 Å². The quantitative estimate of drug-likeness (QED) is 0.737. The average molecular weight is 278 g/mol. The summed E-state index contributed by atoms with van der Waals surface area (Å²) in [5, 5.41) is 0. The number of carbonyl (C=O) groups is 1. The van der Waals surface area contributed by atoms with Crippen molar-refractivity contribution in [1.29, 1.82) is 0 Å². The number of carbonyl (C=O) groups excluding carboxylic acids is 1. The van der Waals surface area contributed by atoms with Crippen molar-refractivity contribution in [3.63, 3.8) is 0 Å². The van der Waals surface area contributed by atoms with Gasteiger partial charge in [-0.05, 0) is 52.9 Å². The molecule has 0 aromatic rings. The van der Waals surface area contributed by atoms with Crippen LogP contribution in [-0.4, -0.2) is 47.4 Å². The zero-order valence-corrected chi connectivity index (χ0v) is 13.6. The van der Waals surface area contributed by atoms with Gasteiger partial charge in [-0.2, -0.15) is 0 Å². The molecule has 1 spiro atoms. The van der Waals surface area contributed by atoms with Crippen molar-refractivity contribution in [3.8, 4) is 0 Å². The Labute approximate surface area is 124 Å². The average Bonchev–Trinajstić information content (AvgIpc) is 2.68. The highest BCUT2D eigenvalue weighted by Crippen LogP contribution is 2.38. The molecule has 0 radical (unpaired) electrons. The first-order valence-electron chi connectivity index (χ1n) is 8.09. The van der Waals surface area contributed by atoms with Crippen molar-refractivity contribution in [2.45, 2.75) is 70.9 Å². The number of rotatable bonds is 4. The molecular formula is C17H30N2O. The summed E-state index contributed by atoms with van der Waals surface area (Å²) in [6.07, 6.45) is 8.90. The fraction of sp³-hybridized carbons (Fsp3) is 0.824. The van der Waals surface area contributed by atoms with E-state index in [0.29, 0.717) is 11.9 Å². The van der Waals surface area contributed by atoms with Crippen molar-refractivity contribution in [3.05, 3.63) is 11.6 Å². The van der Waals surface area contributed by atoms with Crippen LogP contribution in [0.5, 0.6) is 0 Å². The summed E-state index contributed by atoms with van der Waals surface area (Å²) in [6.45, 7) is 8.98. The van der Waals surface area contributed by atoms with Crippen molar-refractivity contribution >= 4 is 5.91 Å². The molecule has 0 N–H and O–H groups in total. The molecule has 0 aromatic carbocycles. The third-order valence-electron chi connectivity index (χ3n) is 5.38. The lowest BCUT2D eigenvalue weighted by Crippen LogP contribution is -2.53. The standard InChI is InChI=1S/C17H30N2O/c1-14(2)6-5-7-15(3)19-12-10-17(11-13-19)9-8-16(20)18(17)4/h6,15H,5,7-13H2,1-4H3. The summed E-state index contributed by atoms with van der Waals surface area (Å²) in [5.41, 5.74) is 1.61. The predicted molar refractivity (Wildman–Crippen MR) is 83.7 cm³/mol. The zero-order valence-electron chi connectivity index (χ0n) is 13.6. The van der Waals surface area contributed by atoms with E-state index in [1.165, 1.54) is 18.4 Å². The van der Waals surface area contributed by atoms with Crippen molar-refractivity contribution in [1.82, 2.24) is 9.80 Å². The van der Waals surface area contributed by atoms with Gasteiger partial charge in [0, 0.05) is 38.1 Å². The van der Waals surface area contributed by atoms with Gasteiger partial charge in [0.25, 0.3) is 0 Å². The molecule has 20 heavy (non-hydrogen) atoms. The molecule has 0 bridgehead atoms. The summed E-state index contributed by atoms with van der Waals surface area (Å²) in [5.74, 6) is 0.343. The van der Waals surface area contributed by atoms with Gasteiger partial charge < -0.3 is 9.80 Å². The Balaban J connectivity index is 1.82. The second-order valence-electron chi connectivity index (χ2n) is 6.92. The number of amides is 1. The molecule has 2 aliphatic rings. The largest absolute Gasteiger partial charge is 0.340 e. The molecule has 114 valence electrons. The number of allylic oxidation sites excluding steroid dienone is 2. The van der Waals surface area contributed by atoms with Crippen LogP contribution in [0.15, 0.2) is 11.6 Å². The summed E-state index contributed by atoms with van der Waals surface area (Å²) in [6, 6.07) is 0.658. The molecule has 2 saturated heterocycles. The van der Waals surface area contributed by atoms with E-state index < -0.39 is 0 Å². The van der Waals surface area contributed by atoms with Crippen molar-refractivity contribution < 1.29 is 4.79 Å². The third kappa shape index (κ3) is 3.25. The van der Waals surface area contributed by atoms with Gasteiger partial charge in [-0.15, -0.1) is 0 Å². The van der Waals surface area contributed by atoms with Gasteiger partial charge in [-0.1, -0.05) is 11.6 Å². The highest BCUT2D eigenvalue weighted by Gasteiger charge is 2.45. The van der Waals surface area contributed by atoms with Crippen molar-refractivity contribution in [2.75, 3.05) is 20.1 Å². The Kier molecular flexibility index (Phi) is 4.90. The van der Waals surface area contributed by atoms with Crippen LogP contribution in [0.4, 0.5) is 0 Å². The molecule has 2 rings (SSSR count). The molecule has 0 aliphatic carbocycles. The maximum atomic E-state index is 11.8. The van der Waals surface area contributed by atoms with Crippen LogP contribution in [0.1, 0.15) is 59.3 Å². The SMILES string of the molecule is CC(C)=CCCC(C)N1CCC2(CCC(=O)N2C)CC1. The molecule has 1 amide bonds. The Morgan fingerprint density at radius 2 is 1.95 bits per heavy atom. The van der Waals surface area contributed by atoms with Gasteiger partial charge in [-0.25, -0.2) is 0 Å². The van der Waals surface area contributed by atoms with Gasteiger partial charge in [0.05, 0.1) is 0 Å². The second-order valence-corrected chi connectivity index (χ2v) is 6.92. The predicted octanol–water partition coefficient (Wildman–Crippen LogP) is 3.21. The molecule has 1 atom stereocenters. The molecular weight excluding hydrogens is 248 g/mol. The number of nitrogens with zero attached hydrogens (tertiary/aromatic N) is 2. The maximum Gasteiger partial charge on any atom is 0.222 e. The van der Waals surface area contributed by atoms with Gasteiger partial charge in [-0.3, -0.25) is 4.79 Å². The first-order chi connectivity index (χ1) is 9.44. The fourth-order valence-electron chi connectivity index (χ4n) is 3.70. The summed E-state index contributed by atoms with van der Waals surface area (Å²) < 4.78 is 0. The summed E-state index contributed by atoms with van der Waals surface area (Å²) in [7, 11) is 2.00. The second kappa shape index (κ2) is 6.30. The molecule has 2 aliphatic heterocycles. The molecule has 1 unspecified atom stereocenters. The van der Waals surface area contributed by atoms with Gasteiger partial charge in [0.15, 0.2) is 0 Å². The topological polar surface area (TPSA) is 23.6 Å². The van der Waals surface area contributed by atoms with E-state index in [4.69, 9.17) is 0 Å². The molecule has 3 nitrogen and oxygen atoms in total. The number of hydrogen-bond donors (Lipinski definition) is 0. The first kappa shape index (κ1) is 15.6. The van der Waals surface area contributed by atoms with Crippen LogP contribution in [0, 0.1) is 0 Å². The van der Waals surface area contributed by atoms with Gasteiger partial charge >= 0.3 is 0 Å². The zero-order chi connectivity index (χ0) is 14.8. The van der Waals surface area contributed by atoms with Crippen LogP contribution >= 0.6 is 0 Å². The minimum atomic E-state index is 0.188. The maximum absolute atomic E-state index is 11.8. The van der Waals surface area contributed by atoms with E-state index in [-0.39, 0.29) is 5.54 Å². The van der Waals surface area contributed by atoms with E-state index in [1.54, 1.807) is 0 Å². The van der Waals surface area contributed by atoms with E-state index in [1.807, 2.05) is 11.9 Å². The summed E-state index contributed by atoms with van der Waals surface area (Å²) in [4.78, 5) is 16.4. The lowest BCUT2D eigenvalue weighted by molar-refractivity contribution is -0.130. The minimum Gasteiger partial charge on any atom is -0.340 e. The normalized spacial score (nSPS) is 24.2. The lowest BCUT2D eigenvalue weighted by atomic mass is 9.84. The van der Waals surface area contributed by atoms with E-state index >= 15 is 0 Å². The first-order valence-corrected chi connectivity index (χ1v) is 8.09. The van der Waals surface area contributed by atoms with Crippen LogP contribution in [0.3, 0.4) is 0 Å². The number of likely N-dealkylation sites (tertiary alicyclic amines) is 2. The molecule has 2 fully saturated rings. The van der Waals surface area contributed by atoms with E-state index in [9.17, 15) is 4.79 Å². The monoisotopic (exact) mass is 278 g/mol. The highest BCUT2D eigenvalue weighted by atomic mass is 16.2. The van der Waals surface area contributed by atoms with Crippen LogP contribution in [-0.2, 0) is 4.79 Å². The van der Waals surface area contributed by atoms with Crippen LogP contribution < -0.4 is 0 Å². The third-order valence-corrected chi connectivity index (χ3v) is 5.38. The Morgan fingerprint density at radius 3 is 2.45 bits per heavy atom. The Morgan fingerprint density at radius 1 is 1.30 bits per heavy atom. The molecule has 2 heterocycles. The number of hydrogen-bond acceptors (Lipinski definition) is 2. The highest BCUT2D eigenvalue weighted by molar-refractivity contribution is 5.79. The number of piperidine rings is 1. The molecule has 0 aromatic heterocycles. The molecule has 0 saturated carbocycles. The minimum absolute atomic E-state index is 0.188. The molecule has 3 heteroatoms. The smallest absolute Gasteiger partial charge is 0.222 e. The van der Waals surface area contributed by atoms with Crippen LogP contribution in [0.2, 0.25) is 0 Å².